The fraction of sp³-hybridized carbons (Fsp3) is 0.0909. The van der Waals surface area contributed by atoms with E-state index in [4.69, 9.17) is 5.73 Å². The number of nitrogens with two attached hydrogens (primary N) is 1. The average Bonchev–Trinajstić information content (AvgIpc) is 2.68. The van der Waals surface area contributed by atoms with Crippen molar-refractivity contribution in [3.05, 3.63) is 34.4 Å². The molecule has 0 bridgehead atoms. The molecular weight excluding hydrogens is 286 g/mol. The zero-order valence-electron chi connectivity index (χ0n) is 9.03. The van der Waals surface area contributed by atoms with E-state index in [0.29, 0.717) is 5.69 Å². The minimum atomic E-state index is -0.567. The predicted molar refractivity (Wildman–Crippen MR) is 68.7 cm³/mol. The third-order valence-corrected chi connectivity index (χ3v) is 2.57. The molecule has 1 aromatic carbocycles. The monoisotopic (exact) mass is 295 g/mol. The molecule has 0 radical (unpaired) electrons. The number of nitrogens with zero attached hydrogens (tertiary/aromatic N) is 1. The number of carbonyl (C=O) groups is 1. The number of hydrogen-bond donors (Lipinski definition) is 2. The maximum absolute atomic E-state index is 11.6. The average molecular weight is 296 g/mol. The lowest BCUT2D eigenvalue weighted by atomic mass is 10.2. The van der Waals surface area contributed by atoms with Gasteiger partial charge in [-0.05, 0) is 31.2 Å². The quantitative estimate of drug-likeness (QED) is 0.386. The Morgan fingerprint density at radius 1 is 1.47 bits per heavy atom. The van der Waals surface area contributed by atoms with Gasteiger partial charge in [0.2, 0.25) is 0 Å². The van der Waals surface area contributed by atoms with Crippen LogP contribution in [0.4, 0.5) is 0 Å². The Hall–Kier alpha value is -1.82. The first kappa shape index (κ1) is 11.7. The van der Waals surface area contributed by atoms with Crippen LogP contribution in [0.1, 0.15) is 17.4 Å². The van der Waals surface area contributed by atoms with Crippen LogP contribution in [-0.4, -0.2) is 16.8 Å². The molecule has 0 aliphatic rings. The highest BCUT2D eigenvalue weighted by Crippen LogP contribution is 2.20. The summed E-state index contributed by atoms with van der Waals surface area (Å²) in [5.74, 6) is -0.376. The minimum absolute atomic E-state index is 0.192. The summed E-state index contributed by atoms with van der Waals surface area (Å²) in [7, 11) is 0. The summed E-state index contributed by atoms with van der Waals surface area (Å²) in [6, 6.07) is 7.35. The highest BCUT2D eigenvalue weighted by atomic mass is 79.9. The van der Waals surface area contributed by atoms with Crippen LogP contribution in [0.3, 0.4) is 0 Å². The van der Waals surface area contributed by atoms with E-state index in [2.05, 4.69) is 30.9 Å². The standard InChI is InChI=1S/C11H10BrN3O2/c1-6(13)15-17-11(16)10-5-7-4-8(12)2-3-9(7)14-10/h2-5,14H,1H3,(H2,13,15). The van der Waals surface area contributed by atoms with Gasteiger partial charge >= 0.3 is 5.97 Å². The van der Waals surface area contributed by atoms with Gasteiger partial charge in [0, 0.05) is 15.4 Å². The molecular formula is C11H10BrN3O2. The van der Waals surface area contributed by atoms with Crippen molar-refractivity contribution in [3.63, 3.8) is 0 Å². The molecule has 0 aliphatic carbocycles. The SMILES string of the molecule is C/C(N)=N/OC(=O)c1cc2cc(Br)ccc2[nH]1. The van der Waals surface area contributed by atoms with E-state index in [0.717, 1.165) is 15.4 Å². The molecule has 0 saturated heterocycles. The maximum atomic E-state index is 11.6. The molecule has 0 amide bonds. The minimum Gasteiger partial charge on any atom is -0.385 e. The zero-order chi connectivity index (χ0) is 12.4. The van der Waals surface area contributed by atoms with Gasteiger partial charge in [0.25, 0.3) is 0 Å². The van der Waals surface area contributed by atoms with Crippen LogP contribution in [0.5, 0.6) is 0 Å². The van der Waals surface area contributed by atoms with Gasteiger partial charge in [-0.3, -0.25) is 0 Å². The van der Waals surface area contributed by atoms with Gasteiger partial charge in [-0.1, -0.05) is 21.1 Å². The Morgan fingerprint density at radius 3 is 2.94 bits per heavy atom. The van der Waals surface area contributed by atoms with E-state index in [1.165, 1.54) is 6.92 Å². The van der Waals surface area contributed by atoms with Gasteiger partial charge in [-0.2, -0.15) is 0 Å². The number of H-pyrrole nitrogens is 1. The molecule has 0 spiro atoms. The summed E-state index contributed by atoms with van der Waals surface area (Å²) in [5, 5.41) is 4.32. The summed E-state index contributed by atoms with van der Waals surface area (Å²) < 4.78 is 0.944. The lowest BCUT2D eigenvalue weighted by Gasteiger charge is -1.94. The second kappa shape index (κ2) is 4.58. The fourth-order valence-corrected chi connectivity index (χ4v) is 1.75. The number of benzene rings is 1. The largest absolute Gasteiger partial charge is 0.385 e. The smallest absolute Gasteiger partial charge is 0.381 e. The molecule has 0 fully saturated rings. The van der Waals surface area contributed by atoms with E-state index in [1.54, 1.807) is 6.07 Å². The maximum Gasteiger partial charge on any atom is 0.381 e. The molecule has 2 aromatic rings. The molecule has 1 heterocycles. The highest BCUT2D eigenvalue weighted by molar-refractivity contribution is 9.10. The summed E-state index contributed by atoms with van der Waals surface area (Å²) in [4.78, 5) is 19.1. The first-order valence-electron chi connectivity index (χ1n) is 4.86. The van der Waals surface area contributed by atoms with Crippen LogP contribution in [0.2, 0.25) is 0 Å². The normalized spacial score (nSPS) is 11.8. The molecule has 0 unspecified atom stereocenters. The van der Waals surface area contributed by atoms with Crippen LogP contribution >= 0.6 is 15.9 Å². The molecule has 0 atom stereocenters. The fourth-order valence-electron chi connectivity index (χ4n) is 1.38. The number of nitrogens with one attached hydrogen (secondary N) is 1. The first-order chi connectivity index (χ1) is 8.06. The molecule has 88 valence electrons. The molecule has 0 aliphatic heterocycles. The Bertz CT molecular complexity index is 600. The number of oxime groups is 1. The predicted octanol–water partition coefficient (Wildman–Crippen LogP) is 2.38. The van der Waals surface area contributed by atoms with Gasteiger partial charge in [-0.25, -0.2) is 4.79 Å². The van der Waals surface area contributed by atoms with Crippen molar-refractivity contribution in [1.29, 1.82) is 0 Å². The first-order valence-corrected chi connectivity index (χ1v) is 5.65. The van der Waals surface area contributed by atoms with E-state index in [9.17, 15) is 4.79 Å². The Labute approximate surface area is 106 Å². The number of amidine groups is 1. The van der Waals surface area contributed by atoms with Gasteiger partial charge in [0.15, 0.2) is 0 Å². The Kier molecular flexibility index (Phi) is 3.14. The van der Waals surface area contributed by atoms with Crippen molar-refractivity contribution in [2.24, 2.45) is 10.9 Å². The Morgan fingerprint density at radius 2 is 2.24 bits per heavy atom. The third kappa shape index (κ3) is 2.65. The number of halogens is 1. The molecule has 6 heteroatoms. The summed E-state index contributed by atoms with van der Waals surface area (Å²) in [5.41, 5.74) is 6.46. The number of fused-ring (bicyclic) bond motifs is 1. The molecule has 1 aromatic heterocycles. The Balaban J connectivity index is 2.30. The molecule has 17 heavy (non-hydrogen) atoms. The van der Waals surface area contributed by atoms with Crippen LogP contribution in [0.15, 0.2) is 33.9 Å². The topological polar surface area (TPSA) is 80.5 Å². The lowest BCUT2D eigenvalue weighted by molar-refractivity contribution is 0.0509. The third-order valence-electron chi connectivity index (χ3n) is 2.08. The van der Waals surface area contributed by atoms with E-state index < -0.39 is 5.97 Å². The molecule has 0 saturated carbocycles. The van der Waals surface area contributed by atoms with E-state index in [1.807, 2.05) is 18.2 Å². The molecule has 5 nitrogen and oxygen atoms in total. The number of aromatic amines is 1. The van der Waals surface area contributed by atoms with Gasteiger partial charge < -0.3 is 15.6 Å². The molecule has 2 rings (SSSR count). The molecule has 3 N–H and O–H groups in total. The van der Waals surface area contributed by atoms with Crippen LogP contribution in [-0.2, 0) is 4.84 Å². The van der Waals surface area contributed by atoms with Crippen molar-refractivity contribution in [3.8, 4) is 0 Å². The number of hydrogen-bond acceptors (Lipinski definition) is 3. The van der Waals surface area contributed by atoms with Crippen LogP contribution in [0.25, 0.3) is 10.9 Å². The zero-order valence-corrected chi connectivity index (χ0v) is 10.6. The van der Waals surface area contributed by atoms with Crippen molar-refractivity contribution in [1.82, 2.24) is 4.98 Å². The number of carbonyl (C=O) groups excluding carboxylic acids is 1. The summed E-state index contributed by atoms with van der Waals surface area (Å²) >= 11 is 3.36. The van der Waals surface area contributed by atoms with Crippen LogP contribution in [0, 0.1) is 0 Å². The van der Waals surface area contributed by atoms with Crippen molar-refractivity contribution >= 4 is 38.6 Å². The van der Waals surface area contributed by atoms with Crippen molar-refractivity contribution in [2.45, 2.75) is 6.92 Å². The number of aromatic nitrogens is 1. The van der Waals surface area contributed by atoms with E-state index >= 15 is 0 Å². The second-order valence-corrected chi connectivity index (χ2v) is 4.44. The van der Waals surface area contributed by atoms with Gasteiger partial charge in [-0.15, -0.1) is 0 Å². The number of rotatable bonds is 2. The van der Waals surface area contributed by atoms with E-state index in [-0.39, 0.29) is 5.84 Å². The lowest BCUT2D eigenvalue weighted by Crippen LogP contribution is -2.09. The van der Waals surface area contributed by atoms with Gasteiger partial charge in [0.05, 0.1) is 0 Å². The second-order valence-electron chi connectivity index (χ2n) is 3.53. The summed E-state index contributed by atoms with van der Waals surface area (Å²) in [6.45, 7) is 1.54. The van der Waals surface area contributed by atoms with Crippen molar-refractivity contribution < 1.29 is 9.63 Å². The summed E-state index contributed by atoms with van der Waals surface area (Å²) in [6.07, 6.45) is 0. The highest BCUT2D eigenvalue weighted by Gasteiger charge is 2.11. The van der Waals surface area contributed by atoms with Crippen LogP contribution < -0.4 is 5.73 Å². The van der Waals surface area contributed by atoms with Crippen molar-refractivity contribution in [2.75, 3.05) is 0 Å². The van der Waals surface area contributed by atoms with Gasteiger partial charge in [0.1, 0.15) is 11.5 Å².